The summed E-state index contributed by atoms with van der Waals surface area (Å²) in [5.74, 6) is 1.46. The molecule has 0 amide bonds. The summed E-state index contributed by atoms with van der Waals surface area (Å²) >= 11 is 0. The third kappa shape index (κ3) is 5.83. The molecule has 10 aromatic carbocycles. The maximum Gasteiger partial charge on any atom is 0.127 e. The van der Waals surface area contributed by atoms with E-state index in [2.05, 4.69) is 194 Å². The zero-order chi connectivity index (χ0) is 40.9. The molecular weight excluding hydrogens is 749 g/mol. The first-order chi connectivity index (χ1) is 30.2. The van der Waals surface area contributed by atoms with E-state index in [1.165, 1.54) is 54.9 Å². The van der Waals surface area contributed by atoms with Crippen LogP contribution in [0.2, 0.25) is 0 Å². The second-order valence-electron chi connectivity index (χ2n) is 15.8. The molecule has 0 fully saturated rings. The van der Waals surface area contributed by atoms with Gasteiger partial charge in [0.15, 0.2) is 0 Å². The molecule has 294 valence electrons. The van der Waals surface area contributed by atoms with Gasteiger partial charge in [0.25, 0.3) is 0 Å². The minimum atomic E-state index is -0.839. The van der Waals surface area contributed by atoms with Gasteiger partial charge in [-0.05, 0) is 112 Å². The van der Waals surface area contributed by atoms with Gasteiger partial charge in [0.05, 0.1) is 18.6 Å². The van der Waals surface area contributed by atoms with E-state index >= 15 is 0 Å². The number of ether oxygens (including phenoxy) is 2. The maximum absolute atomic E-state index is 9.82. The molecule has 0 radical (unpaired) electrons. The molecule has 0 aromatic heterocycles. The summed E-state index contributed by atoms with van der Waals surface area (Å²) < 4.78 is 12.4. The van der Waals surface area contributed by atoms with Crippen molar-refractivity contribution >= 4 is 43.1 Å². The van der Waals surface area contributed by atoms with Crippen molar-refractivity contribution in [3.63, 3.8) is 0 Å². The van der Waals surface area contributed by atoms with E-state index in [0.29, 0.717) is 0 Å². The Hall–Kier alpha value is -7.24. The van der Waals surface area contributed by atoms with Gasteiger partial charge in [0, 0.05) is 10.8 Å². The van der Waals surface area contributed by atoms with Gasteiger partial charge in [-0.1, -0.05) is 170 Å². The Labute approximate surface area is 354 Å². The topological polar surface area (TPSA) is 58.9 Å². The van der Waals surface area contributed by atoms with Gasteiger partial charge in [-0.2, -0.15) is 0 Å². The van der Waals surface area contributed by atoms with Gasteiger partial charge in [0.1, 0.15) is 24.7 Å². The standard InChI is InChI=1S/C57H42O4/c58-31-33-60-53-29-27-49(45-15-5-7-17-47(45)53)57(50-28-30-54(61-34-32-59)48-18-8-6-16-46(48)50)51-21-9-19-43(41-25-23-37-11-1-3-13-39(37)35-41)55(51)56-44(20-10-22-52(56)57)42-26-24-38-12-2-4-14-40(38)36-42/h1-30,35-36,58-59H,31-34H2. The molecule has 2 N–H and O–H groups in total. The molecule has 0 saturated heterocycles. The van der Waals surface area contributed by atoms with Crippen LogP contribution in [0.3, 0.4) is 0 Å². The van der Waals surface area contributed by atoms with Crippen molar-refractivity contribution in [3.8, 4) is 44.9 Å². The Morgan fingerprint density at radius 2 is 0.754 bits per heavy atom. The number of hydrogen-bond acceptors (Lipinski definition) is 4. The summed E-state index contributed by atoms with van der Waals surface area (Å²) in [4.78, 5) is 0. The summed E-state index contributed by atoms with van der Waals surface area (Å²) in [5.41, 5.74) is 10.8. The number of aliphatic hydroxyl groups is 2. The van der Waals surface area contributed by atoms with Crippen molar-refractivity contribution in [3.05, 3.63) is 216 Å². The highest BCUT2D eigenvalue weighted by Crippen LogP contribution is 2.62. The molecule has 0 saturated carbocycles. The highest BCUT2D eigenvalue weighted by molar-refractivity contribution is 6.07. The first-order valence-electron chi connectivity index (χ1n) is 21.0. The van der Waals surface area contributed by atoms with Gasteiger partial charge < -0.3 is 19.7 Å². The maximum atomic E-state index is 9.82. The van der Waals surface area contributed by atoms with E-state index in [9.17, 15) is 10.2 Å². The van der Waals surface area contributed by atoms with E-state index < -0.39 is 5.41 Å². The van der Waals surface area contributed by atoms with E-state index in [-0.39, 0.29) is 26.4 Å². The van der Waals surface area contributed by atoms with Gasteiger partial charge in [0.2, 0.25) is 0 Å². The zero-order valence-electron chi connectivity index (χ0n) is 33.5. The molecule has 0 unspecified atom stereocenters. The summed E-state index contributed by atoms with van der Waals surface area (Å²) in [6.45, 7) is 0.244. The molecule has 1 aliphatic rings. The summed E-state index contributed by atoms with van der Waals surface area (Å²) in [6.07, 6.45) is 0. The first kappa shape index (κ1) is 36.8. The van der Waals surface area contributed by atoms with Crippen molar-refractivity contribution in [2.75, 3.05) is 26.4 Å². The Morgan fingerprint density at radius 3 is 1.20 bits per heavy atom. The normalized spacial score (nSPS) is 12.8. The molecule has 1 aliphatic carbocycles. The lowest BCUT2D eigenvalue weighted by Gasteiger charge is -2.36. The molecular formula is C57H42O4. The van der Waals surface area contributed by atoms with Crippen LogP contribution in [0.4, 0.5) is 0 Å². The van der Waals surface area contributed by atoms with Crippen LogP contribution < -0.4 is 9.47 Å². The SMILES string of the molecule is OCCOc1ccc(C2(c3ccc(OCCO)c4ccccc34)c3cccc(-c4ccc5ccccc5c4)c3-c3c(-c4ccc5ccccc5c4)cccc32)c2ccccc12. The van der Waals surface area contributed by atoms with Gasteiger partial charge in [-0.15, -0.1) is 0 Å². The fourth-order valence-electron chi connectivity index (χ4n) is 10.1. The summed E-state index contributed by atoms with van der Waals surface area (Å²) in [7, 11) is 0. The third-order valence-corrected chi connectivity index (χ3v) is 12.6. The predicted octanol–water partition coefficient (Wildman–Crippen LogP) is 12.7. The van der Waals surface area contributed by atoms with Gasteiger partial charge in [-0.25, -0.2) is 0 Å². The van der Waals surface area contributed by atoms with Crippen molar-refractivity contribution in [1.82, 2.24) is 0 Å². The van der Waals surface area contributed by atoms with Crippen LogP contribution in [-0.2, 0) is 5.41 Å². The van der Waals surface area contributed by atoms with Gasteiger partial charge in [-0.3, -0.25) is 0 Å². The van der Waals surface area contributed by atoms with Crippen LogP contribution in [0, 0.1) is 0 Å². The Kier molecular flexibility index (Phi) is 9.11. The largest absolute Gasteiger partial charge is 0.491 e. The molecule has 0 aliphatic heterocycles. The van der Waals surface area contributed by atoms with Crippen LogP contribution in [0.5, 0.6) is 11.5 Å². The summed E-state index contributed by atoms with van der Waals surface area (Å²) in [6, 6.07) is 70.1. The molecule has 0 spiro atoms. The predicted molar refractivity (Wildman–Crippen MR) is 250 cm³/mol. The number of aliphatic hydroxyl groups excluding tert-OH is 2. The van der Waals surface area contributed by atoms with Crippen molar-refractivity contribution in [2.24, 2.45) is 0 Å². The molecule has 0 heterocycles. The Balaban J connectivity index is 1.32. The quantitative estimate of drug-likeness (QED) is 0.145. The lowest BCUT2D eigenvalue weighted by atomic mass is 9.65. The Bertz CT molecular complexity index is 3090. The van der Waals surface area contributed by atoms with E-state index in [1.807, 2.05) is 0 Å². The van der Waals surface area contributed by atoms with Crippen LogP contribution in [0.15, 0.2) is 194 Å². The highest BCUT2D eigenvalue weighted by Gasteiger charge is 2.49. The van der Waals surface area contributed by atoms with E-state index in [4.69, 9.17) is 9.47 Å². The second kappa shape index (κ2) is 15.1. The van der Waals surface area contributed by atoms with Gasteiger partial charge >= 0.3 is 0 Å². The molecule has 10 aromatic rings. The number of rotatable bonds is 10. The van der Waals surface area contributed by atoms with Crippen molar-refractivity contribution in [2.45, 2.75) is 5.41 Å². The molecule has 11 rings (SSSR count). The minimum Gasteiger partial charge on any atom is -0.491 e. The fraction of sp³-hybridized carbons (Fsp3) is 0.0877. The average Bonchev–Trinajstić information content (AvgIpc) is 3.63. The van der Waals surface area contributed by atoms with Crippen LogP contribution >= 0.6 is 0 Å². The number of hydrogen-bond donors (Lipinski definition) is 2. The van der Waals surface area contributed by atoms with Crippen LogP contribution in [-0.4, -0.2) is 36.6 Å². The molecule has 0 atom stereocenters. The molecule has 61 heavy (non-hydrogen) atoms. The van der Waals surface area contributed by atoms with E-state index in [0.717, 1.165) is 55.3 Å². The van der Waals surface area contributed by atoms with Crippen molar-refractivity contribution < 1.29 is 19.7 Å². The zero-order valence-corrected chi connectivity index (χ0v) is 33.5. The monoisotopic (exact) mass is 790 g/mol. The smallest absolute Gasteiger partial charge is 0.127 e. The van der Waals surface area contributed by atoms with Crippen molar-refractivity contribution in [1.29, 1.82) is 0 Å². The first-order valence-corrected chi connectivity index (χ1v) is 21.0. The number of benzene rings is 10. The van der Waals surface area contributed by atoms with Crippen LogP contribution in [0.25, 0.3) is 76.5 Å². The average molecular weight is 791 g/mol. The highest BCUT2D eigenvalue weighted by atomic mass is 16.5. The lowest BCUT2D eigenvalue weighted by Crippen LogP contribution is -2.29. The Morgan fingerprint density at radius 1 is 0.344 bits per heavy atom. The van der Waals surface area contributed by atoms with E-state index in [1.54, 1.807) is 0 Å². The summed E-state index contributed by atoms with van der Waals surface area (Å²) in [5, 5.41) is 28.5. The second-order valence-corrected chi connectivity index (χ2v) is 15.8. The minimum absolute atomic E-state index is 0.0768. The molecule has 4 nitrogen and oxygen atoms in total. The fourth-order valence-corrected chi connectivity index (χ4v) is 10.1. The number of fused-ring (bicyclic) bond motifs is 7. The van der Waals surface area contributed by atoms with Crippen LogP contribution in [0.1, 0.15) is 22.3 Å². The third-order valence-electron chi connectivity index (χ3n) is 12.6. The molecule has 4 heteroatoms. The lowest BCUT2D eigenvalue weighted by molar-refractivity contribution is 0.203. The molecule has 0 bridgehead atoms.